The number of fused-ring (bicyclic) bond motifs is 1. The second-order valence-electron chi connectivity index (χ2n) is 8.38. The highest BCUT2D eigenvalue weighted by atomic mass is 127. The number of rotatable bonds is 6. The van der Waals surface area contributed by atoms with Crippen LogP contribution in [0.15, 0.2) is 39.8 Å². The predicted octanol–water partition coefficient (Wildman–Crippen LogP) is 3.49. The Labute approximate surface area is 202 Å². The molecule has 0 spiro atoms. The van der Waals surface area contributed by atoms with Crippen LogP contribution < -0.4 is 5.32 Å². The van der Waals surface area contributed by atoms with Gasteiger partial charge in [-0.1, -0.05) is 35.5 Å². The molecule has 170 valence electrons. The molecule has 0 amide bonds. The van der Waals surface area contributed by atoms with E-state index in [9.17, 15) is 0 Å². The minimum absolute atomic E-state index is 0. The Morgan fingerprint density at radius 3 is 2.81 bits per heavy atom. The molecular formula is C23H35IN6O. The Hall–Kier alpha value is -1.68. The number of likely N-dealkylation sites (tertiary alicyclic amines) is 2. The molecule has 0 bridgehead atoms. The molecule has 2 aliphatic rings. The van der Waals surface area contributed by atoms with E-state index in [1.54, 1.807) is 0 Å². The van der Waals surface area contributed by atoms with Gasteiger partial charge in [0.1, 0.15) is 0 Å². The van der Waals surface area contributed by atoms with Crippen LogP contribution in [0.4, 0.5) is 0 Å². The van der Waals surface area contributed by atoms with Gasteiger partial charge < -0.3 is 14.7 Å². The maximum absolute atomic E-state index is 5.21. The van der Waals surface area contributed by atoms with E-state index < -0.39 is 0 Å². The zero-order chi connectivity index (χ0) is 20.8. The molecule has 0 radical (unpaired) electrons. The van der Waals surface area contributed by atoms with Crippen LogP contribution in [0.2, 0.25) is 0 Å². The zero-order valence-corrected chi connectivity index (χ0v) is 21.0. The first-order valence-corrected chi connectivity index (χ1v) is 11.3. The number of halogens is 1. The van der Waals surface area contributed by atoms with E-state index in [4.69, 9.17) is 9.52 Å². The molecule has 1 aromatic heterocycles. The monoisotopic (exact) mass is 538 g/mol. The van der Waals surface area contributed by atoms with Crippen molar-refractivity contribution in [2.75, 3.05) is 32.7 Å². The molecular weight excluding hydrogens is 503 g/mol. The summed E-state index contributed by atoms with van der Waals surface area (Å²) in [6.45, 7) is 9.94. The van der Waals surface area contributed by atoms with Crippen LogP contribution in [-0.2, 0) is 13.0 Å². The normalized spacial score (nSPS) is 22.0. The number of nitrogens with one attached hydrogen (secondary N) is 1. The number of aromatic nitrogens is 2. The lowest BCUT2D eigenvalue weighted by Crippen LogP contribution is -2.56. The molecule has 2 aliphatic heterocycles. The smallest absolute Gasteiger partial charge is 0.228 e. The highest BCUT2D eigenvalue weighted by molar-refractivity contribution is 14.0. The van der Waals surface area contributed by atoms with Crippen LogP contribution in [0.1, 0.15) is 43.5 Å². The minimum Gasteiger partial charge on any atom is -0.357 e. The number of piperidine rings is 2. The number of aryl methyl sites for hydroxylation is 1. The van der Waals surface area contributed by atoms with Gasteiger partial charge in [0.25, 0.3) is 0 Å². The maximum Gasteiger partial charge on any atom is 0.228 e. The van der Waals surface area contributed by atoms with Crippen molar-refractivity contribution in [1.82, 2.24) is 25.3 Å². The number of aliphatic imine (C=N–C) groups is 1. The van der Waals surface area contributed by atoms with E-state index in [0.29, 0.717) is 36.6 Å². The second kappa shape index (κ2) is 11.8. The topological polar surface area (TPSA) is 69.8 Å². The van der Waals surface area contributed by atoms with Crippen LogP contribution in [0, 0.1) is 12.8 Å². The summed E-state index contributed by atoms with van der Waals surface area (Å²) in [5.74, 6) is 3.07. The Bertz CT molecular complexity index is 826. The fraction of sp³-hybridized carbons (Fsp3) is 0.609. The van der Waals surface area contributed by atoms with E-state index in [-0.39, 0.29) is 24.0 Å². The summed E-state index contributed by atoms with van der Waals surface area (Å²) >= 11 is 0. The SMILES string of the molecule is CCNC(=NCCc1nc(C)no1)N1CCC2C(CCCN2Cc2ccccc2)C1.I. The fourth-order valence-electron chi connectivity index (χ4n) is 4.84. The lowest BCUT2D eigenvalue weighted by molar-refractivity contribution is 0.0372. The number of benzene rings is 1. The third-order valence-electron chi connectivity index (χ3n) is 6.20. The molecule has 2 saturated heterocycles. The minimum atomic E-state index is 0. The molecule has 2 atom stereocenters. The summed E-state index contributed by atoms with van der Waals surface area (Å²) < 4.78 is 5.21. The van der Waals surface area contributed by atoms with Gasteiger partial charge in [0.05, 0.1) is 6.54 Å². The first-order chi connectivity index (χ1) is 14.7. The number of hydrogen-bond donors (Lipinski definition) is 1. The molecule has 8 heteroatoms. The van der Waals surface area contributed by atoms with Crippen LogP contribution in [-0.4, -0.2) is 64.7 Å². The van der Waals surface area contributed by atoms with Gasteiger partial charge in [-0.15, -0.1) is 24.0 Å². The van der Waals surface area contributed by atoms with Gasteiger partial charge in [0.2, 0.25) is 5.89 Å². The molecule has 0 aliphatic carbocycles. The van der Waals surface area contributed by atoms with E-state index >= 15 is 0 Å². The Balaban J connectivity index is 0.00000272. The largest absolute Gasteiger partial charge is 0.357 e. The van der Waals surface area contributed by atoms with Crippen molar-refractivity contribution in [1.29, 1.82) is 0 Å². The number of hydrogen-bond acceptors (Lipinski definition) is 5. The van der Waals surface area contributed by atoms with Gasteiger partial charge in [-0.05, 0) is 51.1 Å². The molecule has 0 saturated carbocycles. The average molecular weight is 538 g/mol. The Morgan fingerprint density at radius 1 is 1.23 bits per heavy atom. The Kier molecular flexibility index (Phi) is 9.13. The number of guanidine groups is 1. The maximum atomic E-state index is 5.21. The molecule has 7 nitrogen and oxygen atoms in total. The van der Waals surface area contributed by atoms with Crippen molar-refractivity contribution >= 4 is 29.9 Å². The summed E-state index contributed by atoms with van der Waals surface area (Å²) in [6, 6.07) is 11.6. The molecule has 4 rings (SSSR count). The lowest BCUT2D eigenvalue weighted by atomic mass is 9.83. The van der Waals surface area contributed by atoms with E-state index in [2.05, 4.69) is 62.5 Å². The van der Waals surface area contributed by atoms with Crippen LogP contribution in [0.3, 0.4) is 0 Å². The van der Waals surface area contributed by atoms with Crippen molar-refractivity contribution < 1.29 is 4.52 Å². The van der Waals surface area contributed by atoms with Gasteiger partial charge in [0, 0.05) is 38.6 Å². The molecule has 1 N–H and O–H groups in total. The van der Waals surface area contributed by atoms with E-state index in [1.165, 1.54) is 31.4 Å². The molecule has 31 heavy (non-hydrogen) atoms. The van der Waals surface area contributed by atoms with E-state index in [0.717, 1.165) is 32.1 Å². The van der Waals surface area contributed by atoms with Crippen molar-refractivity contribution in [3.05, 3.63) is 47.6 Å². The summed E-state index contributed by atoms with van der Waals surface area (Å²) in [5.41, 5.74) is 1.42. The van der Waals surface area contributed by atoms with Crippen molar-refractivity contribution in [2.45, 2.75) is 52.1 Å². The highest BCUT2D eigenvalue weighted by Crippen LogP contribution is 2.31. The third-order valence-corrected chi connectivity index (χ3v) is 6.20. The molecule has 1 aromatic carbocycles. The number of nitrogens with zero attached hydrogens (tertiary/aromatic N) is 5. The summed E-state index contributed by atoms with van der Waals surface area (Å²) in [5, 5.41) is 7.34. The standard InChI is InChI=1S/C23H34N6O.HI/c1-3-24-23(25-13-11-22-26-18(2)27-30-22)29-15-12-21-20(17-29)10-7-14-28(21)16-19-8-5-4-6-9-19;/h4-6,8-9,20-21H,3,7,10-17H2,1-2H3,(H,24,25);1H. The molecule has 2 aromatic rings. The second-order valence-corrected chi connectivity index (χ2v) is 8.38. The van der Waals surface area contributed by atoms with Gasteiger partial charge in [-0.3, -0.25) is 9.89 Å². The first-order valence-electron chi connectivity index (χ1n) is 11.3. The first kappa shape index (κ1) is 24.0. The van der Waals surface area contributed by atoms with Gasteiger partial charge >= 0.3 is 0 Å². The van der Waals surface area contributed by atoms with Crippen molar-refractivity contribution in [3.63, 3.8) is 0 Å². The zero-order valence-electron chi connectivity index (χ0n) is 18.7. The fourth-order valence-corrected chi connectivity index (χ4v) is 4.84. The van der Waals surface area contributed by atoms with Gasteiger partial charge in [0.15, 0.2) is 11.8 Å². The molecule has 3 heterocycles. The van der Waals surface area contributed by atoms with E-state index in [1.807, 2.05) is 6.92 Å². The van der Waals surface area contributed by atoms with Crippen LogP contribution in [0.5, 0.6) is 0 Å². The van der Waals surface area contributed by atoms with Crippen LogP contribution >= 0.6 is 24.0 Å². The highest BCUT2D eigenvalue weighted by Gasteiger charge is 2.36. The lowest BCUT2D eigenvalue weighted by Gasteiger charge is -2.48. The van der Waals surface area contributed by atoms with Gasteiger partial charge in [-0.2, -0.15) is 4.98 Å². The molecule has 2 fully saturated rings. The summed E-state index contributed by atoms with van der Waals surface area (Å²) in [6.07, 6.45) is 4.48. The van der Waals surface area contributed by atoms with Gasteiger partial charge in [-0.25, -0.2) is 0 Å². The van der Waals surface area contributed by atoms with Crippen molar-refractivity contribution in [2.24, 2.45) is 10.9 Å². The third kappa shape index (κ3) is 6.41. The predicted molar refractivity (Wildman–Crippen MR) is 134 cm³/mol. The quantitative estimate of drug-likeness (QED) is 0.345. The van der Waals surface area contributed by atoms with Crippen LogP contribution in [0.25, 0.3) is 0 Å². The summed E-state index contributed by atoms with van der Waals surface area (Å²) in [4.78, 5) is 14.3. The average Bonchev–Trinajstić information content (AvgIpc) is 3.19. The molecule has 2 unspecified atom stereocenters. The van der Waals surface area contributed by atoms with Crippen molar-refractivity contribution in [3.8, 4) is 0 Å². The summed E-state index contributed by atoms with van der Waals surface area (Å²) in [7, 11) is 0. The Morgan fingerprint density at radius 2 is 2.06 bits per heavy atom.